The second-order valence-corrected chi connectivity index (χ2v) is 5.50. The van der Waals surface area contributed by atoms with Crippen LogP contribution in [0.5, 0.6) is 0 Å². The van der Waals surface area contributed by atoms with Crippen LogP contribution in [0.4, 0.5) is 11.5 Å². The lowest BCUT2D eigenvalue weighted by Crippen LogP contribution is -2.11. The molecule has 0 aliphatic rings. The maximum atomic E-state index is 10.6. The summed E-state index contributed by atoms with van der Waals surface area (Å²) in [6.07, 6.45) is 3.70. The summed E-state index contributed by atoms with van der Waals surface area (Å²) < 4.78 is 4.71. The molecule has 1 atom stereocenters. The molecule has 9 heteroatoms. The molecular weight excluding hydrogens is 344 g/mol. The van der Waals surface area contributed by atoms with Crippen LogP contribution >= 0.6 is 12.6 Å². The average molecular weight is 364 g/mol. The van der Waals surface area contributed by atoms with Gasteiger partial charge in [-0.3, -0.25) is 14.9 Å². The minimum atomic E-state index is -0.427. The van der Waals surface area contributed by atoms with E-state index in [0.717, 1.165) is 11.1 Å². The number of anilines is 1. The van der Waals surface area contributed by atoms with Gasteiger partial charge in [-0.15, -0.1) is 0 Å². The van der Waals surface area contributed by atoms with Crippen LogP contribution in [0.3, 0.4) is 0 Å². The van der Waals surface area contributed by atoms with Crippen LogP contribution < -0.4 is 5.32 Å². The van der Waals surface area contributed by atoms with E-state index in [0.29, 0.717) is 25.3 Å². The highest BCUT2D eigenvalue weighted by Gasteiger charge is 2.13. The summed E-state index contributed by atoms with van der Waals surface area (Å²) in [6.45, 7) is 1.07. The van der Waals surface area contributed by atoms with Crippen molar-refractivity contribution >= 4 is 30.6 Å². The molecule has 1 N–H and O–H groups in total. The number of non-ortho nitro benzene ring substituents is 1. The third-order valence-corrected chi connectivity index (χ3v) is 3.70. The van der Waals surface area contributed by atoms with E-state index in [1.165, 1.54) is 18.5 Å². The van der Waals surface area contributed by atoms with Gasteiger partial charge in [-0.2, -0.15) is 12.6 Å². The first kappa shape index (κ1) is 20.4. The summed E-state index contributed by atoms with van der Waals surface area (Å²) in [5.74, 6) is 0.612. The number of hydrogen-bond acceptors (Lipinski definition) is 8. The molecular formula is C16H20N4O4S. The quantitative estimate of drug-likeness (QED) is 0.305. The summed E-state index contributed by atoms with van der Waals surface area (Å²) in [4.78, 5) is 28.6. The molecule has 0 aliphatic heterocycles. The molecule has 1 unspecified atom stereocenters. The zero-order valence-corrected chi connectivity index (χ0v) is 13.6. The Morgan fingerprint density at radius 1 is 1.36 bits per heavy atom. The van der Waals surface area contributed by atoms with Gasteiger partial charge in [0.2, 0.25) is 0 Å². The highest BCUT2D eigenvalue weighted by Crippen LogP contribution is 2.25. The van der Waals surface area contributed by atoms with E-state index < -0.39 is 4.92 Å². The van der Waals surface area contributed by atoms with Crippen LogP contribution in [-0.4, -0.2) is 34.5 Å². The molecule has 25 heavy (non-hydrogen) atoms. The van der Waals surface area contributed by atoms with Crippen LogP contribution in [0.25, 0.3) is 0 Å². The molecule has 0 amide bonds. The van der Waals surface area contributed by atoms with E-state index in [9.17, 15) is 14.9 Å². The van der Waals surface area contributed by atoms with Gasteiger partial charge in [0.25, 0.3) is 12.2 Å². The Kier molecular flexibility index (Phi) is 8.34. The maximum Gasteiger partial charge on any atom is 0.293 e. The second-order valence-electron chi connectivity index (χ2n) is 4.87. The van der Waals surface area contributed by atoms with Crippen molar-refractivity contribution in [3.63, 3.8) is 0 Å². The smallest absolute Gasteiger partial charge is 0.293 e. The molecule has 2 rings (SSSR count). The number of hydrogen-bond donors (Lipinski definition) is 2. The normalized spacial score (nSPS) is 11.1. The van der Waals surface area contributed by atoms with Crippen LogP contribution in [0.2, 0.25) is 0 Å². The Morgan fingerprint density at radius 3 is 2.72 bits per heavy atom. The lowest BCUT2D eigenvalue weighted by atomic mass is 10.1. The number of carbonyl (C=O) groups excluding carboxylic acids is 1. The molecule has 1 aromatic carbocycles. The van der Waals surface area contributed by atoms with Gasteiger partial charge < -0.3 is 10.1 Å². The van der Waals surface area contributed by atoms with Crippen molar-refractivity contribution in [2.75, 3.05) is 18.5 Å². The molecule has 0 saturated carbocycles. The van der Waals surface area contributed by atoms with Crippen molar-refractivity contribution in [2.24, 2.45) is 0 Å². The standard InChI is InChI=1S/C15H16N4O4S.CH4/c20-10-23-8-14(24)13-7-16-9-18-15(13)17-6-5-11-1-3-12(4-2-11)19(21)22;/h1-4,7,9-10,14,24H,5-6,8H2,(H,16,17,18);1H4. The molecule has 0 fully saturated rings. The summed E-state index contributed by atoms with van der Waals surface area (Å²) in [5.41, 5.74) is 1.76. The first-order chi connectivity index (χ1) is 11.6. The third kappa shape index (κ3) is 6.03. The van der Waals surface area contributed by atoms with Gasteiger partial charge in [0.1, 0.15) is 18.8 Å². The van der Waals surface area contributed by atoms with Crippen molar-refractivity contribution in [2.45, 2.75) is 19.1 Å². The van der Waals surface area contributed by atoms with Crippen molar-refractivity contribution in [3.05, 3.63) is 58.0 Å². The predicted octanol–water partition coefficient (Wildman–Crippen LogP) is 2.82. The van der Waals surface area contributed by atoms with Gasteiger partial charge in [0.05, 0.1) is 10.2 Å². The Balaban J connectivity index is 0.00000312. The molecule has 2 aromatic rings. The van der Waals surface area contributed by atoms with Crippen LogP contribution in [0.15, 0.2) is 36.8 Å². The Labute approximate surface area is 151 Å². The summed E-state index contributed by atoms with van der Waals surface area (Å²) >= 11 is 4.38. The Hall–Kier alpha value is -2.68. The summed E-state index contributed by atoms with van der Waals surface area (Å²) in [6, 6.07) is 6.40. The fourth-order valence-corrected chi connectivity index (χ4v) is 2.34. The molecule has 1 aromatic heterocycles. The number of nitrogens with one attached hydrogen (secondary N) is 1. The number of nitro groups is 1. The topological polar surface area (TPSA) is 107 Å². The minimum Gasteiger partial charge on any atom is -0.466 e. The number of thiol groups is 1. The number of benzene rings is 1. The first-order valence-corrected chi connectivity index (χ1v) is 7.64. The number of rotatable bonds is 9. The maximum absolute atomic E-state index is 10.6. The Bertz CT molecular complexity index is 697. The largest absolute Gasteiger partial charge is 0.466 e. The van der Waals surface area contributed by atoms with Crippen LogP contribution in [-0.2, 0) is 16.0 Å². The van der Waals surface area contributed by atoms with Crippen LogP contribution in [0, 0.1) is 10.1 Å². The minimum absolute atomic E-state index is 0. The van der Waals surface area contributed by atoms with Gasteiger partial charge in [-0.25, -0.2) is 9.97 Å². The number of nitrogens with zero attached hydrogens (tertiary/aromatic N) is 3. The highest BCUT2D eigenvalue weighted by molar-refractivity contribution is 7.80. The van der Waals surface area contributed by atoms with Crippen LogP contribution in [0.1, 0.15) is 23.8 Å². The average Bonchev–Trinajstić information content (AvgIpc) is 2.60. The number of aromatic nitrogens is 2. The van der Waals surface area contributed by atoms with E-state index in [-0.39, 0.29) is 25.0 Å². The first-order valence-electron chi connectivity index (χ1n) is 7.12. The molecule has 0 spiro atoms. The van der Waals surface area contributed by atoms with Gasteiger partial charge in [-0.1, -0.05) is 19.6 Å². The zero-order chi connectivity index (χ0) is 17.4. The van der Waals surface area contributed by atoms with Gasteiger partial charge in [0.15, 0.2) is 0 Å². The Morgan fingerprint density at radius 2 is 2.08 bits per heavy atom. The zero-order valence-electron chi connectivity index (χ0n) is 12.7. The van der Waals surface area contributed by atoms with Crippen molar-refractivity contribution in [1.82, 2.24) is 9.97 Å². The fourth-order valence-electron chi connectivity index (χ4n) is 2.06. The lowest BCUT2D eigenvalue weighted by molar-refractivity contribution is -0.384. The fraction of sp³-hybridized carbons (Fsp3) is 0.312. The monoisotopic (exact) mass is 364 g/mol. The van der Waals surface area contributed by atoms with Crippen molar-refractivity contribution < 1.29 is 14.5 Å². The van der Waals surface area contributed by atoms with Gasteiger partial charge >= 0.3 is 0 Å². The SMILES string of the molecule is C.O=COCC(S)c1cncnc1NCCc1ccc([N+](=O)[O-])cc1. The third-order valence-electron chi connectivity index (χ3n) is 3.27. The van der Waals surface area contributed by atoms with Crippen molar-refractivity contribution in [1.29, 1.82) is 0 Å². The number of nitro benzene ring substituents is 1. The summed E-state index contributed by atoms with van der Waals surface area (Å²) in [5, 5.41) is 13.5. The number of carbonyl (C=O) groups is 1. The van der Waals surface area contributed by atoms with Gasteiger partial charge in [0, 0.05) is 30.4 Å². The lowest BCUT2D eigenvalue weighted by Gasteiger charge is -2.14. The molecule has 134 valence electrons. The molecule has 1 heterocycles. The van der Waals surface area contributed by atoms with E-state index in [1.54, 1.807) is 18.3 Å². The van der Waals surface area contributed by atoms with E-state index in [2.05, 4.69) is 27.9 Å². The molecule has 0 aliphatic carbocycles. The highest BCUT2D eigenvalue weighted by atomic mass is 32.1. The van der Waals surface area contributed by atoms with Crippen molar-refractivity contribution in [3.8, 4) is 0 Å². The molecule has 0 saturated heterocycles. The molecule has 8 nitrogen and oxygen atoms in total. The predicted molar refractivity (Wildman–Crippen MR) is 97.8 cm³/mol. The van der Waals surface area contributed by atoms with E-state index >= 15 is 0 Å². The van der Waals surface area contributed by atoms with Gasteiger partial charge in [-0.05, 0) is 12.0 Å². The number of ether oxygens (including phenoxy) is 1. The molecule has 0 bridgehead atoms. The van der Waals surface area contributed by atoms with E-state index in [1.807, 2.05) is 0 Å². The second kappa shape index (κ2) is 10.2. The molecule has 0 radical (unpaired) electrons. The van der Waals surface area contributed by atoms with E-state index in [4.69, 9.17) is 4.74 Å². The summed E-state index contributed by atoms with van der Waals surface area (Å²) in [7, 11) is 0.